The van der Waals surface area contributed by atoms with Gasteiger partial charge in [0.2, 0.25) is 5.91 Å². The molecular weight excluding hydrogens is 312 g/mol. The first kappa shape index (κ1) is 17.0. The number of anilines is 1. The van der Waals surface area contributed by atoms with Crippen LogP contribution in [0, 0.1) is 0 Å². The van der Waals surface area contributed by atoms with E-state index in [2.05, 4.69) is 10.6 Å². The molecule has 0 spiro atoms. The molecule has 0 heterocycles. The van der Waals surface area contributed by atoms with Crippen LogP contribution in [-0.2, 0) is 11.2 Å². The van der Waals surface area contributed by atoms with Crippen LogP contribution in [0.1, 0.15) is 22.8 Å². The second kappa shape index (κ2) is 8.34. The van der Waals surface area contributed by atoms with Crippen molar-refractivity contribution in [2.24, 2.45) is 0 Å². The number of carbonyl (C=O) groups is 2. The largest absolute Gasteiger partial charge is 0.376 e. The van der Waals surface area contributed by atoms with Crippen LogP contribution < -0.4 is 10.6 Å². The second-order valence-corrected chi connectivity index (χ2v) is 5.65. The number of hydrogen-bond acceptors (Lipinski definition) is 3. The number of carbonyl (C=O) groups excluding carboxylic acids is 2. The van der Waals surface area contributed by atoms with Gasteiger partial charge in [-0.05, 0) is 55.3 Å². The number of amides is 1. The fourth-order valence-corrected chi connectivity index (χ4v) is 2.32. The van der Waals surface area contributed by atoms with E-state index in [0.717, 1.165) is 17.7 Å². The summed E-state index contributed by atoms with van der Waals surface area (Å²) >= 11 is 5.92. The molecule has 0 fully saturated rings. The monoisotopic (exact) mass is 330 g/mol. The zero-order valence-electron chi connectivity index (χ0n) is 12.9. The Kier molecular flexibility index (Phi) is 6.18. The number of nitrogens with one attached hydrogen (secondary N) is 2. The molecule has 0 saturated heterocycles. The molecule has 0 aromatic heterocycles. The molecule has 0 atom stereocenters. The molecule has 0 bridgehead atoms. The summed E-state index contributed by atoms with van der Waals surface area (Å²) in [4.78, 5) is 23.0. The van der Waals surface area contributed by atoms with E-state index >= 15 is 0 Å². The molecule has 0 aliphatic rings. The van der Waals surface area contributed by atoms with E-state index in [1.54, 1.807) is 24.3 Å². The fourth-order valence-electron chi connectivity index (χ4n) is 2.11. The van der Waals surface area contributed by atoms with Crippen molar-refractivity contribution in [1.29, 1.82) is 0 Å². The zero-order valence-corrected chi connectivity index (χ0v) is 13.7. The summed E-state index contributed by atoms with van der Waals surface area (Å²) < 4.78 is 0. The van der Waals surface area contributed by atoms with Crippen LogP contribution in [0.15, 0.2) is 48.5 Å². The molecule has 120 valence electrons. The third-order valence-corrected chi connectivity index (χ3v) is 3.60. The van der Waals surface area contributed by atoms with Gasteiger partial charge in [-0.1, -0.05) is 23.7 Å². The van der Waals surface area contributed by atoms with Crippen LogP contribution in [0.25, 0.3) is 0 Å². The first-order valence-electron chi connectivity index (χ1n) is 7.40. The Morgan fingerprint density at radius 3 is 2.48 bits per heavy atom. The van der Waals surface area contributed by atoms with E-state index in [-0.39, 0.29) is 18.2 Å². The first-order chi connectivity index (χ1) is 11.0. The van der Waals surface area contributed by atoms with Crippen LogP contribution in [0.2, 0.25) is 5.02 Å². The molecule has 5 heteroatoms. The average Bonchev–Trinajstić information content (AvgIpc) is 2.53. The van der Waals surface area contributed by atoms with Crippen molar-refractivity contribution < 1.29 is 9.59 Å². The molecule has 23 heavy (non-hydrogen) atoms. The van der Waals surface area contributed by atoms with Crippen molar-refractivity contribution >= 4 is 29.0 Å². The topological polar surface area (TPSA) is 58.2 Å². The maximum absolute atomic E-state index is 11.8. The molecule has 2 N–H and O–H groups in total. The summed E-state index contributed by atoms with van der Waals surface area (Å²) in [6, 6.07) is 14.6. The van der Waals surface area contributed by atoms with E-state index in [1.807, 2.05) is 24.3 Å². The lowest BCUT2D eigenvalue weighted by Crippen LogP contribution is -2.31. The maximum atomic E-state index is 11.8. The molecule has 0 unspecified atom stereocenters. The van der Waals surface area contributed by atoms with Gasteiger partial charge in [-0.15, -0.1) is 0 Å². The number of hydrogen-bond donors (Lipinski definition) is 2. The van der Waals surface area contributed by atoms with Crippen LogP contribution in [0.5, 0.6) is 0 Å². The van der Waals surface area contributed by atoms with Gasteiger partial charge >= 0.3 is 0 Å². The Labute approximate surface area is 140 Å². The maximum Gasteiger partial charge on any atom is 0.239 e. The van der Waals surface area contributed by atoms with Gasteiger partial charge in [-0.2, -0.15) is 0 Å². The van der Waals surface area contributed by atoms with Crippen LogP contribution in [0.3, 0.4) is 0 Å². The SMILES string of the molecule is CC(=O)c1ccc(NCC(=O)NCCc2cccc(Cl)c2)cc1. The highest BCUT2D eigenvalue weighted by Crippen LogP contribution is 2.11. The molecule has 1 amide bonds. The van der Waals surface area contributed by atoms with Gasteiger partial charge in [0.05, 0.1) is 6.54 Å². The van der Waals surface area contributed by atoms with Crippen molar-refractivity contribution in [1.82, 2.24) is 5.32 Å². The average molecular weight is 331 g/mol. The number of halogens is 1. The Morgan fingerprint density at radius 1 is 1.09 bits per heavy atom. The lowest BCUT2D eigenvalue weighted by Gasteiger charge is -2.08. The Bertz CT molecular complexity index is 684. The smallest absolute Gasteiger partial charge is 0.239 e. The van der Waals surface area contributed by atoms with Crippen molar-refractivity contribution in [2.75, 3.05) is 18.4 Å². The minimum absolute atomic E-state index is 0.0234. The van der Waals surface area contributed by atoms with E-state index in [1.165, 1.54) is 6.92 Å². The van der Waals surface area contributed by atoms with E-state index in [0.29, 0.717) is 17.1 Å². The quantitative estimate of drug-likeness (QED) is 0.766. The minimum atomic E-state index is -0.0809. The van der Waals surface area contributed by atoms with Crippen molar-refractivity contribution in [3.05, 3.63) is 64.7 Å². The summed E-state index contributed by atoms with van der Waals surface area (Å²) in [5.74, 6) is -0.0574. The number of Topliss-reactive ketones (excluding diaryl/α,β-unsaturated/α-hetero) is 1. The van der Waals surface area contributed by atoms with Gasteiger partial charge in [0.15, 0.2) is 5.78 Å². The third-order valence-electron chi connectivity index (χ3n) is 3.37. The second-order valence-electron chi connectivity index (χ2n) is 5.22. The number of benzene rings is 2. The van der Waals surface area contributed by atoms with Gasteiger partial charge in [-0.25, -0.2) is 0 Å². The van der Waals surface area contributed by atoms with E-state index < -0.39 is 0 Å². The van der Waals surface area contributed by atoms with Crippen LogP contribution in [0.4, 0.5) is 5.69 Å². The van der Waals surface area contributed by atoms with Crippen molar-refractivity contribution in [3.8, 4) is 0 Å². The van der Waals surface area contributed by atoms with Crippen LogP contribution in [-0.4, -0.2) is 24.8 Å². The predicted octanol–water partition coefficient (Wildman–Crippen LogP) is 3.31. The minimum Gasteiger partial charge on any atom is -0.376 e. The fraction of sp³-hybridized carbons (Fsp3) is 0.222. The van der Waals surface area contributed by atoms with Crippen molar-refractivity contribution in [2.45, 2.75) is 13.3 Å². The number of ketones is 1. The lowest BCUT2D eigenvalue weighted by molar-refractivity contribution is -0.119. The summed E-state index contributed by atoms with van der Waals surface area (Å²) in [6.07, 6.45) is 0.736. The van der Waals surface area contributed by atoms with Crippen LogP contribution >= 0.6 is 11.6 Å². The molecule has 0 aliphatic heterocycles. The summed E-state index contributed by atoms with van der Waals surface area (Å²) in [5.41, 5.74) is 2.55. The molecule has 2 aromatic rings. The van der Waals surface area contributed by atoms with E-state index in [4.69, 9.17) is 11.6 Å². The summed E-state index contributed by atoms with van der Waals surface area (Å²) in [5, 5.41) is 6.57. The Balaban J connectivity index is 1.71. The van der Waals surface area contributed by atoms with Gasteiger partial charge in [0.25, 0.3) is 0 Å². The van der Waals surface area contributed by atoms with E-state index in [9.17, 15) is 9.59 Å². The standard InChI is InChI=1S/C18H19ClN2O2/c1-13(22)15-5-7-17(8-6-15)21-12-18(23)20-10-9-14-3-2-4-16(19)11-14/h2-8,11,21H,9-10,12H2,1H3,(H,20,23). The highest BCUT2D eigenvalue weighted by molar-refractivity contribution is 6.30. The summed E-state index contributed by atoms with van der Waals surface area (Å²) in [6.45, 7) is 2.27. The predicted molar refractivity (Wildman–Crippen MR) is 93.1 cm³/mol. The Hall–Kier alpha value is -2.33. The molecular formula is C18H19ClN2O2. The zero-order chi connectivity index (χ0) is 16.7. The number of rotatable bonds is 7. The van der Waals surface area contributed by atoms with Gasteiger partial charge in [0, 0.05) is 22.8 Å². The normalized spacial score (nSPS) is 10.2. The highest BCUT2D eigenvalue weighted by Gasteiger charge is 2.03. The third kappa shape index (κ3) is 5.75. The molecule has 2 aromatic carbocycles. The highest BCUT2D eigenvalue weighted by atomic mass is 35.5. The molecule has 2 rings (SSSR count). The Morgan fingerprint density at radius 2 is 1.83 bits per heavy atom. The summed E-state index contributed by atoms with van der Waals surface area (Å²) in [7, 11) is 0. The molecule has 0 saturated carbocycles. The lowest BCUT2D eigenvalue weighted by atomic mass is 10.1. The molecule has 4 nitrogen and oxygen atoms in total. The van der Waals surface area contributed by atoms with Gasteiger partial charge < -0.3 is 10.6 Å². The van der Waals surface area contributed by atoms with Gasteiger partial charge in [-0.3, -0.25) is 9.59 Å². The van der Waals surface area contributed by atoms with Gasteiger partial charge in [0.1, 0.15) is 0 Å². The van der Waals surface area contributed by atoms with Crippen molar-refractivity contribution in [3.63, 3.8) is 0 Å². The molecule has 0 radical (unpaired) electrons. The first-order valence-corrected chi connectivity index (χ1v) is 7.78. The molecule has 0 aliphatic carbocycles.